The zero-order chi connectivity index (χ0) is 22.4. The maximum Gasteiger partial charge on any atom is 0.410 e. The van der Waals surface area contributed by atoms with Gasteiger partial charge in [0.05, 0.1) is 17.7 Å². The number of aliphatic hydroxyl groups is 1. The summed E-state index contributed by atoms with van der Waals surface area (Å²) in [6.07, 6.45) is 0.504. The third-order valence-electron chi connectivity index (χ3n) is 6.10. The molecule has 3 atom stereocenters. The maximum absolute atomic E-state index is 13.1. The van der Waals surface area contributed by atoms with Crippen molar-refractivity contribution in [3.63, 3.8) is 0 Å². The molecule has 0 aromatic rings. The maximum atomic E-state index is 13.1. The highest BCUT2D eigenvalue weighted by molar-refractivity contribution is 6.04. The van der Waals surface area contributed by atoms with Crippen molar-refractivity contribution < 1.29 is 29.0 Å². The topological polar surface area (TPSA) is 133 Å². The third-order valence-corrected chi connectivity index (χ3v) is 6.10. The van der Waals surface area contributed by atoms with Gasteiger partial charge in [0, 0.05) is 26.1 Å². The van der Waals surface area contributed by atoms with Crippen LogP contribution < -0.4 is 5.73 Å². The number of carbonyl (C=O) groups is 4. The number of nitrogens with zero attached hydrogens (tertiary/aromatic N) is 3. The highest BCUT2D eigenvalue weighted by Gasteiger charge is 2.57. The number of likely N-dealkylation sites (tertiary alicyclic amines) is 3. The number of nitrogens with two attached hydrogens (primary N) is 1. The molecule has 3 aliphatic rings. The van der Waals surface area contributed by atoms with Crippen LogP contribution in [-0.4, -0.2) is 92.6 Å². The minimum atomic E-state index is -1.38. The Balaban J connectivity index is 1.71. The van der Waals surface area contributed by atoms with Gasteiger partial charge in [-0.25, -0.2) is 4.79 Å². The first-order valence-corrected chi connectivity index (χ1v) is 10.4. The van der Waals surface area contributed by atoms with Crippen molar-refractivity contribution >= 4 is 23.8 Å². The number of ether oxygens (including phenoxy) is 1. The molecule has 3 aliphatic heterocycles. The molecule has 1 spiro atoms. The SMILES string of the molecule is C[C@@H](O)[C@@H](C(N)=O)N1C(=O)CCC(N2CC3(CCCN3C(=O)OC(C)(C)C)C2)C1=O. The zero-order valence-corrected chi connectivity index (χ0v) is 18.1. The first-order valence-electron chi connectivity index (χ1n) is 10.4. The molecule has 4 amide bonds. The van der Waals surface area contributed by atoms with E-state index in [9.17, 15) is 24.3 Å². The average molecular weight is 424 g/mol. The van der Waals surface area contributed by atoms with Crippen molar-refractivity contribution in [1.82, 2.24) is 14.7 Å². The van der Waals surface area contributed by atoms with Crippen molar-refractivity contribution in [2.45, 2.75) is 82.7 Å². The summed E-state index contributed by atoms with van der Waals surface area (Å²) >= 11 is 0. The number of rotatable bonds is 4. The highest BCUT2D eigenvalue weighted by atomic mass is 16.6. The van der Waals surface area contributed by atoms with Crippen LogP contribution in [0.4, 0.5) is 4.79 Å². The molecule has 3 fully saturated rings. The molecule has 1 unspecified atom stereocenters. The minimum Gasteiger partial charge on any atom is -0.444 e. The number of aliphatic hydroxyl groups excluding tert-OH is 1. The number of hydrogen-bond acceptors (Lipinski definition) is 7. The van der Waals surface area contributed by atoms with Crippen LogP contribution in [0, 0.1) is 0 Å². The second-order valence-corrected chi connectivity index (χ2v) is 9.61. The fourth-order valence-corrected chi connectivity index (χ4v) is 4.80. The average Bonchev–Trinajstić information content (AvgIpc) is 3.00. The summed E-state index contributed by atoms with van der Waals surface area (Å²) in [7, 11) is 0. The summed E-state index contributed by atoms with van der Waals surface area (Å²) in [5, 5.41) is 9.90. The molecule has 0 radical (unpaired) electrons. The molecule has 3 saturated heterocycles. The van der Waals surface area contributed by atoms with E-state index in [2.05, 4.69) is 0 Å². The molecular weight excluding hydrogens is 392 g/mol. The zero-order valence-electron chi connectivity index (χ0n) is 18.1. The van der Waals surface area contributed by atoms with Crippen molar-refractivity contribution in [2.24, 2.45) is 5.73 Å². The molecule has 10 heteroatoms. The predicted octanol–water partition coefficient (Wildman–Crippen LogP) is -0.176. The lowest BCUT2D eigenvalue weighted by Crippen LogP contribution is -2.74. The van der Waals surface area contributed by atoms with Crippen molar-refractivity contribution in [2.75, 3.05) is 19.6 Å². The van der Waals surface area contributed by atoms with Gasteiger partial charge in [-0.2, -0.15) is 0 Å². The molecule has 0 bridgehead atoms. The van der Waals surface area contributed by atoms with E-state index in [4.69, 9.17) is 10.5 Å². The Kier molecular flexibility index (Phi) is 5.85. The number of hydrogen-bond donors (Lipinski definition) is 2. The van der Waals surface area contributed by atoms with E-state index in [1.165, 1.54) is 6.92 Å². The Bertz CT molecular complexity index is 740. The molecule has 0 aromatic heterocycles. The molecule has 10 nitrogen and oxygen atoms in total. The van der Waals surface area contributed by atoms with Crippen LogP contribution in [0.25, 0.3) is 0 Å². The third kappa shape index (κ3) is 4.02. The summed E-state index contributed by atoms with van der Waals surface area (Å²) in [5.41, 5.74) is 4.38. The molecule has 3 rings (SSSR count). The second-order valence-electron chi connectivity index (χ2n) is 9.61. The number of imide groups is 1. The van der Waals surface area contributed by atoms with E-state index in [0.29, 0.717) is 26.1 Å². The van der Waals surface area contributed by atoms with Crippen LogP contribution >= 0.6 is 0 Å². The first-order chi connectivity index (χ1) is 13.9. The lowest BCUT2D eigenvalue weighted by Gasteiger charge is -2.55. The summed E-state index contributed by atoms with van der Waals surface area (Å²) in [6.45, 7) is 8.41. The van der Waals surface area contributed by atoms with E-state index in [-0.39, 0.29) is 18.1 Å². The van der Waals surface area contributed by atoms with Gasteiger partial charge in [0.2, 0.25) is 17.7 Å². The van der Waals surface area contributed by atoms with Crippen molar-refractivity contribution in [1.29, 1.82) is 0 Å². The van der Waals surface area contributed by atoms with E-state index >= 15 is 0 Å². The second kappa shape index (κ2) is 7.81. The molecular formula is C20H32N4O6. The lowest BCUT2D eigenvalue weighted by atomic mass is 9.83. The largest absolute Gasteiger partial charge is 0.444 e. The fourth-order valence-electron chi connectivity index (χ4n) is 4.80. The summed E-state index contributed by atoms with van der Waals surface area (Å²) in [6, 6.07) is -1.97. The van der Waals surface area contributed by atoms with E-state index < -0.39 is 41.5 Å². The van der Waals surface area contributed by atoms with Gasteiger partial charge in [0.1, 0.15) is 11.6 Å². The Morgan fingerprint density at radius 3 is 2.43 bits per heavy atom. The lowest BCUT2D eigenvalue weighted by molar-refractivity contribution is -0.166. The van der Waals surface area contributed by atoms with E-state index in [0.717, 1.165) is 17.7 Å². The van der Waals surface area contributed by atoms with E-state index in [1.54, 1.807) is 4.90 Å². The summed E-state index contributed by atoms with van der Waals surface area (Å²) in [5.74, 6) is -1.95. The van der Waals surface area contributed by atoms with Crippen molar-refractivity contribution in [3.05, 3.63) is 0 Å². The van der Waals surface area contributed by atoms with Crippen LogP contribution in [0.2, 0.25) is 0 Å². The van der Waals surface area contributed by atoms with Gasteiger partial charge in [-0.15, -0.1) is 0 Å². The van der Waals surface area contributed by atoms with E-state index in [1.807, 2.05) is 25.7 Å². The summed E-state index contributed by atoms with van der Waals surface area (Å²) < 4.78 is 5.54. The Hall–Kier alpha value is -2.20. The van der Waals surface area contributed by atoms with Gasteiger partial charge in [-0.1, -0.05) is 0 Å². The Labute approximate surface area is 176 Å². The predicted molar refractivity (Wildman–Crippen MR) is 106 cm³/mol. The van der Waals surface area contributed by atoms with Gasteiger partial charge in [-0.05, 0) is 47.0 Å². The van der Waals surface area contributed by atoms with Gasteiger partial charge in [0.25, 0.3) is 0 Å². The highest BCUT2D eigenvalue weighted by Crippen LogP contribution is 2.41. The first kappa shape index (κ1) is 22.5. The van der Waals surface area contributed by atoms with Crippen LogP contribution in [0.5, 0.6) is 0 Å². The normalized spacial score (nSPS) is 26.5. The monoisotopic (exact) mass is 424 g/mol. The standard InChI is InChI=1S/C20H32N4O6/c1-12(25)15(16(21)27)24-14(26)7-6-13(17(24)28)22-10-20(11-22)8-5-9-23(20)18(29)30-19(2,3)4/h12-13,15,25H,5-11H2,1-4H3,(H2,21,27)/t12-,13?,15+/m1/s1. The summed E-state index contributed by atoms with van der Waals surface area (Å²) in [4.78, 5) is 54.3. The van der Waals surface area contributed by atoms with Crippen LogP contribution in [0.1, 0.15) is 53.4 Å². The molecule has 0 aromatic carbocycles. The van der Waals surface area contributed by atoms with Gasteiger partial charge in [0.15, 0.2) is 0 Å². The Morgan fingerprint density at radius 2 is 1.90 bits per heavy atom. The molecule has 3 heterocycles. The number of piperidine rings is 1. The van der Waals surface area contributed by atoms with Gasteiger partial charge >= 0.3 is 6.09 Å². The quantitative estimate of drug-likeness (QED) is 0.598. The smallest absolute Gasteiger partial charge is 0.410 e. The number of amides is 4. The molecule has 168 valence electrons. The molecule has 30 heavy (non-hydrogen) atoms. The van der Waals surface area contributed by atoms with Crippen LogP contribution in [0.15, 0.2) is 0 Å². The van der Waals surface area contributed by atoms with Crippen LogP contribution in [0.3, 0.4) is 0 Å². The van der Waals surface area contributed by atoms with Crippen LogP contribution in [-0.2, 0) is 19.1 Å². The fraction of sp³-hybridized carbons (Fsp3) is 0.800. The minimum absolute atomic E-state index is 0.0895. The number of carbonyl (C=O) groups excluding carboxylic acids is 4. The van der Waals surface area contributed by atoms with Gasteiger partial charge in [-0.3, -0.25) is 29.1 Å². The molecule has 3 N–H and O–H groups in total. The Morgan fingerprint density at radius 1 is 1.27 bits per heavy atom. The molecule has 0 saturated carbocycles. The molecule has 0 aliphatic carbocycles. The number of primary amides is 1. The van der Waals surface area contributed by atoms with Crippen molar-refractivity contribution in [3.8, 4) is 0 Å². The van der Waals surface area contributed by atoms with Gasteiger partial charge < -0.3 is 15.6 Å².